The Balaban J connectivity index is 1.79. The molecule has 5 heteroatoms. The lowest BCUT2D eigenvalue weighted by atomic mass is 9.60. The molecule has 0 spiro atoms. The summed E-state index contributed by atoms with van der Waals surface area (Å²) in [6.07, 6.45) is 13.6. The van der Waals surface area contributed by atoms with E-state index in [0.717, 1.165) is 62.5 Å². The van der Waals surface area contributed by atoms with Crippen LogP contribution in [0.15, 0.2) is 35.5 Å². The number of fused-ring (bicyclic) bond motifs is 1. The number of aliphatic hydroxyl groups is 4. The lowest BCUT2D eigenvalue weighted by Gasteiger charge is -2.45. The molecule has 0 aromatic rings. The summed E-state index contributed by atoms with van der Waals surface area (Å²) < 4.78 is 0. The molecule has 3 rings (SSSR count). The van der Waals surface area contributed by atoms with E-state index in [1.54, 1.807) is 13.8 Å². The number of ketones is 1. The van der Waals surface area contributed by atoms with Crippen molar-refractivity contribution in [2.45, 2.75) is 135 Å². The van der Waals surface area contributed by atoms with Crippen molar-refractivity contribution in [1.82, 2.24) is 0 Å². The summed E-state index contributed by atoms with van der Waals surface area (Å²) >= 11 is 0. The van der Waals surface area contributed by atoms with Gasteiger partial charge in [0.25, 0.3) is 0 Å². The van der Waals surface area contributed by atoms with Crippen LogP contribution in [0.5, 0.6) is 0 Å². The summed E-state index contributed by atoms with van der Waals surface area (Å²) in [5, 5.41) is 40.8. The van der Waals surface area contributed by atoms with Crippen molar-refractivity contribution >= 4 is 5.78 Å². The average Bonchev–Trinajstić information content (AvgIpc) is 3.13. The number of hydrogen-bond donors (Lipinski definition) is 4. The molecule has 2 unspecified atom stereocenters. The highest BCUT2D eigenvalue weighted by Gasteiger charge is 2.51. The van der Waals surface area contributed by atoms with Crippen molar-refractivity contribution in [2.24, 2.45) is 23.2 Å². The van der Waals surface area contributed by atoms with Crippen molar-refractivity contribution in [3.05, 3.63) is 35.5 Å². The predicted molar refractivity (Wildman–Crippen MR) is 149 cm³/mol. The Morgan fingerprint density at radius 1 is 1.14 bits per heavy atom. The number of aliphatic hydroxyl groups excluding tert-OH is 2. The minimum absolute atomic E-state index is 0.0902. The molecule has 0 aromatic carbocycles. The molecule has 0 aromatic heterocycles. The maximum absolute atomic E-state index is 12.6. The number of carbonyl (C=O) groups excluding carboxylic acids is 1. The molecule has 37 heavy (non-hydrogen) atoms. The van der Waals surface area contributed by atoms with Gasteiger partial charge in [-0.05, 0) is 113 Å². The van der Waals surface area contributed by atoms with Gasteiger partial charge in [0.15, 0.2) is 5.78 Å². The minimum Gasteiger partial charge on any atom is -0.393 e. The molecule has 3 fully saturated rings. The second-order valence-electron chi connectivity index (χ2n) is 13.6. The SMILES string of the molecule is C=C1/C(=C\C=C2CCC[C@@]3(C)C2CC[C@@H]3[C@@H](CCCC(C)(C)O)CCC(=O)C(C)(C)O)C[C@@H](O)CC1O. The highest BCUT2D eigenvalue weighted by molar-refractivity contribution is 5.86. The molecule has 0 saturated heterocycles. The van der Waals surface area contributed by atoms with Crippen molar-refractivity contribution in [3.63, 3.8) is 0 Å². The molecular weight excluding hydrogens is 464 g/mol. The first kappa shape index (κ1) is 30.3. The summed E-state index contributed by atoms with van der Waals surface area (Å²) in [6.45, 7) is 13.4. The van der Waals surface area contributed by atoms with E-state index in [9.17, 15) is 25.2 Å². The van der Waals surface area contributed by atoms with E-state index in [-0.39, 0.29) is 11.2 Å². The second-order valence-corrected chi connectivity index (χ2v) is 13.6. The number of hydrogen-bond acceptors (Lipinski definition) is 5. The van der Waals surface area contributed by atoms with Crippen LogP contribution in [-0.4, -0.2) is 49.6 Å². The molecule has 0 aliphatic heterocycles. The normalized spacial score (nSPS) is 34.1. The average molecular weight is 517 g/mol. The van der Waals surface area contributed by atoms with E-state index in [1.165, 1.54) is 12.0 Å². The summed E-state index contributed by atoms with van der Waals surface area (Å²) in [5.41, 5.74) is 1.34. The summed E-state index contributed by atoms with van der Waals surface area (Å²) in [4.78, 5) is 12.6. The van der Waals surface area contributed by atoms with Gasteiger partial charge in [0.2, 0.25) is 0 Å². The third kappa shape index (κ3) is 7.65. The van der Waals surface area contributed by atoms with Gasteiger partial charge in [-0.25, -0.2) is 0 Å². The molecule has 3 aliphatic rings. The van der Waals surface area contributed by atoms with Crippen LogP contribution < -0.4 is 0 Å². The molecule has 3 saturated carbocycles. The summed E-state index contributed by atoms with van der Waals surface area (Å²) in [6, 6.07) is 0. The number of Topliss-reactive ketones (excluding diaryl/α,β-unsaturated/α-hetero) is 1. The lowest BCUT2D eigenvalue weighted by Crippen LogP contribution is -2.37. The molecule has 0 amide bonds. The summed E-state index contributed by atoms with van der Waals surface area (Å²) in [7, 11) is 0. The van der Waals surface area contributed by atoms with E-state index in [2.05, 4.69) is 25.7 Å². The monoisotopic (exact) mass is 516 g/mol. The van der Waals surface area contributed by atoms with Crippen LogP contribution in [0.2, 0.25) is 0 Å². The molecule has 0 bridgehead atoms. The fourth-order valence-corrected chi connectivity index (χ4v) is 7.48. The molecule has 6 atom stereocenters. The van der Waals surface area contributed by atoms with Gasteiger partial charge in [0.1, 0.15) is 5.60 Å². The van der Waals surface area contributed by atoms with Crippen molar-refractivity contribution in [1.29, 1.82) is 0 Å². The first-order valence-corrected chi connectivity index (χ1v) is 14.5. The number of allylic oxidation sites excluding steroid dienone is 3. The molecule has 3 aliphatic carbocycles. The highest BCUT2D eigenvalue weighted by atomic mass is 16.3. The zero-order chi connectivity index (χ0) is 27.6. The molecule has 4 N–H and O–H groups in total. The largest absolute Gasteiger partial charge is 0.393 e. The van der Waals surface area contributed by atoms with E-state index in [1.807, 2.05) is 13.8 Å². The Hall–Kier alpha value is -1.27. The Morgan fingerprint density at radius 2 is 1.84 bits per heavy atom. The van der Waals surface area contributed by atoms with Gasteiger partial charge in [-0.2, -0.15) is 0 Å². The van der Waals surface area contributed by atoms with Gasteiger partial charge in [-0.15, -0.1) is 0 Å². The zero-order valence-corrected chi connectivity index (χ0v) is 23.9. The fourth-order valence-electron chi connectivity index (χ4n) is 7.48. The van der Waals surface area contributed by atoms with E-state index in [0.29, 0.717) is 37.0 Å². The Morgan fingerprint density at radius 3 is 2.49 bits per heavy atom. The molecule has 210 valence electrons. The number of rotatable bonds is 10. The van der Waals surface area contributed by atoms with E-state index >= 15 is 0 Å². The third-order valence-electron chi connectivity index (χ3n) is 9.66. The Kier molecular flexibility index (Phi) is 9.70. The van der Waals surface area contributed by atoms with Gasteiger partial charge in [0, 0.05) is 12.8 Å². The van der Waals surface area contributed by atoms with Crippen LogP contribution in [0.4, 0.5) is 0 Å². The van der Waals surface area contributed by atoms with Crippen LogP contribution >= 0.6 is 0 Å². The summed E-state index contributed by atoms with van der Waals surface area (Å²) in [5.74, 6) is 1.31. The molecular formula is C32H52O5. The van der Waals surface area contributed by atoms with Crippen LogP contribution in [0, 0.1) is 23.2 Å². The van der Waals surface area contributed by atoms with Crippen molar-refractivity contribution in [2.75, 3.05) is 0 Å². The molecule has 0 radical (unpaired) electrons. The van der Waals surface area contributed by atoms with Crippen LogP contribution in [0.3, 0.4) is 0 Å². The fraction of sp³-hybridized carbons (Fsp3) is 0.781. The van der Waals surface area contributed by atoms with Gasteiger partial charge in [-0.3, -0.25) is 4.79 Å². The Labute approximate surface area is 224 Å². The topological polar surface area (TPSA) is 98.0 Å². The van der Waals surface area contributed by atoms with Gasteiger partial charge >= 0.3 is 0 Å². The van der Waals surface area contributed by atoms with Crippen LogP contribution in [-0.2, 0) is 4.79 Å². The minimum atomic E-state index is -1.29. The van der Waals surface area contributed by atoms with E-state index in [4.69, 9.17) is 0 Å². The zero-order valence-electron chi connectivity index (χ0n) is 23.9. The Bertz CT molecular complexity index is 886. The van der Waals surface area contributed by atoms with Gasteiger partial charge in [0.05, 0.1) is 17.8 Å². The maximum atomic E-state index is 12.6. The third-order valence-corrected chi connectivity index (χ3v) is 9.66. The molecule has 5 nitrogen and oxygen atoms in total. The van der Waals surface area contributed by atoms with Crippen LogP contribution in [0.25, 0.3) is 0 Å². The van der Waals surface area contributed by atoms with Gasteiger partial charge in [-0.1, -0.05) is 44.1 Å². The van der Waals surface area contributed by atoms with Crippen LogP contribution in [0.1, 0.15) is 112 Å². The second kappa shape index (κ2) is 11.9. The van der Waals surface area contributed by atoms with Crippen molar-refractivity contribution in [3.8, 4) is 0 Å². The standard InChI is InChI=1S/C32H52O5/c1-21-24(19-25(33)20-28(21)34)12-11-22-10-8-18-32(6)26(22)14-15-27(32)23(9-7-17-30(2,3)36)13-16-29(35)31(4,5)37/h11-12,23,25-28,33-34,36-37H,1,7-10,13-20H2,2-6H3/b22-11?,24-12-/t23-,25+,26?,27+,28?,32-/m0/s1. The maximum Gasteiger partial charge on any atom is 0.163 e. The van der Waals surface area contributed by atoms with Gasteiger partial charge < -0.3 is 20.4 Å². The molecule has 0 heterocycles. The predicted octanol–water partition coefficient (Wildman–Crippen LogP) is 5.81. The number of carbonyl (C=O) groups is 1. The first-order valence-electron chi connectivity index (χ1n) is 14.5. The highest BCUT2D eigenvalue weighted by Crippen LogP contribution is 2.60. The lowest BCUT2D eigenvalue weighted by molar-refractivity contribution is -0.134. The smallest absolute Gasteiger partial charge is 0.163 e. The van der Waals surface area contributed by atoms with E-state index < -0.39 is 23.4 Å². The van der Waals surface area contributed by atoms with Crippen molar-refractivity contribution < 1.29 is 25.2 Å². The first-order chi connectivity index (χ1) is 17.1. The quantitative estimate of drug-likeness (QED) is 0.294.